The number of nitrogens with zero attached hydrogens (tertiary/aromatic N) is 2. The summed E-state index contributed by atoms with van der Waals surface area (Å²) in [7, 11) is 0. The molecule has 0 radical (unpaired) electrons. The van der Waals surface area contributed by atoms with Crippen LogP contribution < -0.4 is 0 Å². The molecule has 0 spiro atoms. The van der Waals surface area contributed by atoms with Crippen LogP contribution in [0.4, 0.5) is 0 Å². The predicted octanol–water partition coefficient (Wildman–Crippen LogP) is 13.2. The molecule has 0 unspecified atom stereocenters. The van der Waals surface area contributed by atoms with Crippen LogP contribution in [0.1, 0.15) is 55.5 Å². The van der Waals surface area contributed by atoms with Crippen LogP contribution in [0, 0.1) is 0 Å². The second kappa shape index (κ2) is 11.6. The van der Waals surface area contributed by atoms with Gasteiger partial charge < -0.3 is 0 Å². The fourth-order valence-corrected chi connectivity index (χ4v) is 8.07. The third kappa shape index (κ3) is 4.54. The summed E-state index contributed by atoms with van der Waals surface area (Å²) in [5, 5.41) is 0.546. The molecular weight excluding hydrogens is 629 g/mol. The van der Waals surface area contributed by atoms with Gasteiger partial charge in [-0.25, -0.2) is 4.98 Å². The fourth-order valence-electron chi connectivity index (χ4n) is 8.07. The summed E-state index contributed by atoms with van der Waals surface area (Å²) in [6, 6.07) is 32.1. The van der Waals surface area contributed by atoms with Crippen LogP contribution >= 0.6 is 0 Å². The van der Waals surface area contributed by atoms with Crippen molar-refractivity contribution in [2.45, 2.75) is 32.5 Å². The molecule has 248 valence electrons. The molecule has 10 rings (SSSR count). The molecule has 1 aromatic heterocycles. The van der Waals surface area contributed by atoms with Gasteiger partial charge in [0.2, 0.25) is 0 Å². The number of para-hydroxylation sites is 2. The van der Waals surface area contributed by atoms with Gasteiger partial charge in [0.1, 0.15) is 5.82 Å². The summed E-state index contributed by atoms with van der Waals surface area (Å²) in [5.74, 6) is -0.247. The zero-order valence-electron chi connectivity index (χ0n) is 41.4. The largest absolute Gasteiger partial charge is 0.296 e. The zero-order chi connectivity index (χ0) is 46.2. The van der Waals surface area contributed by atoms with Crippen molar-refractivity contribution in [1.82, 2.24) is 9.55 Å². The molecule has 2 heteroatoms. The molecule has 1 aliphatic rings. The number of rotatable bonds is 5. The molecule has 0 bridgehead atoms. The quantitative estimate of drug-likeness (QED) is 0.166. The first kappa shape index (κ1) is 20.0. The number of aromatic nitrogens is 2. The molecule has 0 atom stereocenters. The lowest BCUT2D eigenvalue weighted by Gasteiger charge is -2.23. The normalized spacial score (nSPS) is 17.2. The number of hydrogen-bond acceptors (Lipinski definition) is 1. The lowest BCUT2D eigenvalue weighted by atomic mass is 9.80. The number of aryl methyl sites for hydroxylation is 1. The lowest BCUT2D eigenvalue weighted by Crippen LogP contribution is -2.14. The smallest absolute Gasteiger partial charge is 0.114 e. The van der Waals surface area contributed by atoms with Crippen LogP contribution in [0.3, 0.4) is 0 Å². The first-order valence-corrected chi connectivity index (χ1v) is 17.2. The first-order chi connectivity index (χ1) is 30.7. The van der Waals surface area contributed by atoms with Crippen molar-refractivity contribution >= 4 is 32.6 Å². The van der Waals surface area contributed by atoms with Crippen LogP contribution in [0.5, 0.6) is 0 Å². The average Bonchev–Trinajstić information content (AvgIpc) is 3.80. The van der Waals surface area contributed by atoms with Crippen LogP contribution in [0.25, 0.3) is 82.8 Å². The van der Waals surface area contributed by atoms with Gasteiger partial charge in [-0.3, -0.25) is 4.57 Å². The van der Waals surface area contributed by atoms with Crippen molar-refractivity contribution in [3.63, 3.8) is 0 Å². The monoisotopic (exact) mass is 679 g/mol. The predicted molar refractivity (Wildman–Crippen MR) is 219 cm³/mol. The third-order valence-corrected chi connectivity index (χ3v) is 10.6. The molecule has 9 aromatic rings. The van der Waals surface area contributed by atoms with Crippen LogP contribution in [-0.2, 0) is 11.8 Å². The minimum atomic E-state index is -2.99. The Morgan fingerprint density at radius 1 is 0.596 bits per heavy atom. The van der Waals surface area contributed by atoms with Gasteiger partial charge in [-0.05, 0) is 108 Å². The Labute approximate surface area is 322 Å². The SMILES string of the molecule is [2H]c1c([2H])c([2H])c2c(-c3ccc4c(c3)C(C)(C)c3ccccc3-4)c3c([2H])c([2H])c([2H])c([2H])c3c(-c3ccc(-c4ccc(-n5c(C([2H])([2H])C([2H])([2H])[2H])nc6ccccc65)cc4)cc3)c2c1[2H]. The molecule has 1 heterocycles. The maximum Gasteiger partial charge on any atom is 0.114 e. The summed E-state index contributed by atoms with van der Waals surface area (Å²) in [4.78, 5) is 4.42. The van der Waals surface area contributed by atoms with Crippen LogP contribution in [-0.4, -0.2) is 9.55 Å². The second-order valence-corrected chi connectivity index (χ2v) is 13.7. The van der Waals surface area contributed by atoms with E-state index in [4.69, 9.17) is 12.3 Å². The molecule has 1 aliphatic carbocycles. The molecule has 2 nitrogen and oxygen atoms in total. The van der Waals surface area contributed by atoms with Crippen molar-refractivity contribution in [3.8, 4) is 50.2 Å². The van der Waals surface area contributed by atoms with E-state index in [0.29, 0.717) is 33.4 Å². The first-order valence-electron chi connectivity index (χ1n) is 23.7. The molecule has 0 N–H and O–H groups in total. The minimum Gasteiger partial charge on any atom is -0.296 e. The summed E-state index contributed by atoms with van der Waals surface area (Å²) >= 11 is 0. The Hall–Kier alpha value is -6.25. The van der Waals surface area contributed by atoms with Gasteiger partial charge in [0.15, 0.2) is 0 Å². The van der Waals surface area contributed by atoms with E-state index in [2.05, 4.69) is 31.0 Å². The van der Waals surface area contributed by atoms with Gasteiger partial charge in [0, 0.05) is 24.3 Å². The molecule has 0 saturated heterocycles. The van der Waals surface area contributed by atoms with E-state index in [1.54, 1.807) is 48.5 Å². The molecule has 0 aliphatic heterocycles. The standard InChI is InChI=1S/C50H38N2/c1-4-47-51-45-19-11-12-20-46(45)52(47)36-28-25-33(26-29-36)32-21-23-34(24-22-32)48-39-14-5-7-16-41(39)49(42-17-8-6-15-40(42)48)35-27-30-38-37-13-9-10-18-43(37)50(2,3)44(38)31-35/h5-31H,4H2,1-3H3/i1D3,4D2,5D,6D,7D,8D,14D,15D,16D,17D. The average molecular weight is 680 g/mol. The Balaban J connectivity index is 1.17. The van der Waals surface area contributed by atoms with Crippen LogP contribution in [0.2, 0.25) is 0 Å². The van der Waals surface area contributed by atoms with E-state index in [-0.39, 0.29) is 57.1 Å². The van der Waals surface area contributed by atoms with Gasteiger partial charge in [-0.15, -0.1) is 0 Å². The van der Waals surface area contributed by atoms with E-state index >= 15 is 0 Å². The van der Waals surface area contributed by atoms with Crippen molar-refractivity contribution in [2.75, 3.05) is 0 Å². The number of imidazole rings is 1. The lowest BCUT2D eigenvalue weighted by molar-refractivity contribution is 0.660. The van der Waals surface area contributed by atoms with E-state index < -0.39 is 42.8 Å². The highest BCUT2D eigenvalue weighted by Gasteiger charge is 2.35. The fraction of sp³-hybridized carbons (Fsp3) is 0.100. The van der Waals surface area contributed by atoms with Crippen molar-refractivity contribution in [1.29, 1.82) is 0 Å². The van der Waals surface area contributed by atoms with Crippen molar-refractivity contribution in [2.24, 2.45) is 0 Å². The van der Waals surface area contributed by atoms with Gasteiger partial charge in [-0.2, -0.15) is 0 Å². The van der Waals surface area contributed by atoms with Gasteiger partial charge in [0.25, 0.3) is 0 Å². The number of benzene rings is 8. The highest BCUT2D eigenvalue weighted by atomic mass is 15.1. The summed E-state index contributed by atoms with van der Waals surface area (Å²) in [6.45, 7) is 1.26. The van der Waals surface area contributed by atoms with Gasteiger partial charge in [-0.1, -0.05) is 154 Å². The Kier molecular flexibility index (Phi) is 4.47. The van der Waals surface area contributed by atoms with E-state index in [9.17, 15) is 5.48 Å². The van der Waals surface area contributed by atoms with Crippen LogP contribution in [0.15, 0.2) is 164 Å². The molecule has 8 aromatic carbocycles. The molecular formula is C50H38N2. The summed E-state index contributed by atoms with van der Waals surface area (Å²) in [5.41, 5.74) is 8.35. The Morgan fingerprint density at radius 2 is 1.13 bits per heavy atom. The van der Waals surface area contributed by atoms with Gasteiger partial charge >= 0.3 is 0 Å². The summed E-state index contributed by atoms with van der Waals surface area (Å²) < 4.78 is 115. The summed E-state index contributed by atoms with van der Waals surface area (Å²) in [6.07, 6.45) is -2.76. The molecule has 52 heavy (non-hydrogen) atoms. The topological polar surface area (TPSA) is 17.8 Å². The Morgan fingerprint density at radius 3 is 1.81 bits per heavy atom. The third-order valence-electron chi connectivity index (χ3n) is 10.6. The Bertz CT molecular complexity index is 3420. The molecule has 0 amide bonds. The highest BCUT2D eigenvalue weighted by Crippen LogP contribution is 2.51. The van der Waals surface area contributed by atoms with Crippen molar-refractivity contribution < 1.29 is 17.8 Å². The van der Waals surface area contributed by atoms with Gasteiger partial charge in [0.05, 0.1) is 22.0 Å². The highest BCUT2D eigenvalue weighted by molar-refractivity contribution is 6.21. The zero-order valence-corrected chi connectivity index (χ0v) is 28.4. The number of hydrogen-bond donors (Lipinski definition) is 0. The van der Waals surface area contributed by atoms with E-state index in [1.807, 2.05) is 54.6 Å². The maximum atomic E-state index is 9.41. The van der Waals surface area contributed by atoms with E-state index in [0.717, 1.165) is 33.4 Å². The maximum absolute atomic E-state index is 9.41. The molecule has 0 saturated carbocycles. The second-order valence-electron chi connectivity index (χ2n) is 13.7. The number of fused-ring (bicyclic) bond motifs is 6. The van der Waals surface area contributed by atoms with Crippen molar-refractivity contribution in [3.05, 3.63) is 181 Å². The molecule has 0 fully saturated rings. The van der Waals surface area contributed by atoms with E-state index in [1.165, 1.54) is 4.57 Å². The minimum absolute atomic E-state index is 0.129.